The fourth-order valence-corrected chi connectivity index (χ4v) is 2.10. The summed E-state index contributed by atoms with van der Waals surface area (Å²) in [5.74, 6) is 1.22. The second-order valence-corrected chi connectivity index (χ2v) is 5.01. The zero-order valence-electron chi connectivity index (χ0n) is 9.35. The molecule has 0 saturated heterocycles. The van der Waals surface area contributed by atoms with E-state index >= 15 is 0 Å². The molecule has 0 aromatic heterocycles. The van der Waals surface area contributed by atoms with Crippen molar-refractivity contribution in [3.05, 3.63) is 34.3 Å². The summed E-state index contributed by atoms with van der Waals surface area (Å²) >= 11 is 8.01. The van der Waals surface area contributed by atoms with Crippen molar-refractivity contribution in [2.45, 2.75) is 19.9 Å². The van der Waals surface area contributed by atoms with Gasteiger partial charge >= 0.3 is 0 Å². The Morgan fingerprint density at radius 3 is 2.87 bits per heavy atom. The summed E-state index contributed by atoms with van der Waals surface area (Å²) in [6.45, 7) is 3.99. The van der Waals surface area contributed by atoms with Crippen LogP contribution in [0.1, 0.15) is 17.5 Å². The normalized spacial score (nSPS) is 10.6. The van der Waals surface area contributed by atoms with E-state index in [2.05, 4.69) is 30.6 Å². The molecule has 0 aliphatic heterocycles. The van der Waals surface area contributed by atoms with Crippen LogP contribution >= 0.6 is 23.4 Å². The Morgan fingerprint density at radius 1 is 1.40 bits per heavy atom. The van der Waals surface area contributed by atoms with Crippen molar-refractivity contribution in [2.24, 2.45) is 0 Å². The van der Waals surface area contributed by atoms with Gasteiger partial charge in [0.15, 0.2) is 0 Å². The first kappa shape index (κ1) is 12.9. The third-order valence-electron chi connectivity index (χ3n) is 2.23. The summed E-state index contributed by atoms with van der Waals surface area (Å²) in [5.41, 5.74) is 2.40. The fourth-order valence-electron chi connectivity index (χ4n) is 1.36. The number of thioether (sulfide) groups is 1. The first-order valence-electron chi connectivity index (χ1n) is 5.18. The quantitative estimate of drug-likeness (QED) is 0.768. The topological polar surface area (TPSA) is 12.0 Å². The molecule has 0 radical (unpaired) electrons. The van der Waals surface area contributed by atoms with E-state index in [-0.39, 0.29) is 0 Å². The van der Waals surface area contributed by atoms with Crippen molar-refractivity contribution >= 4 is 23.4 Å². The Kier molecular flexibility index (Phi) is 6.15. The van der Waals surface area contributed by atoms with Gasteiger partial charge in [-0.15, -0.1) is 0 Å². The Hall–Kier alpha value is -0.180. The van der Waals surface area contributed by atoms with E-state index in [0.29, 0.717) is 0 Å². The average molecular weight is 244 g/mol. The van der Waals surface area contributed by atoms with Gasteiger partial charge in [-0.25, -0.2) is 0 Å². The molecule has 0 unspecified atom stereocenters. The molecule has 0 spiro atoms. The van der Waals surface area contributed by atoms with Crippen LogP contribution in [-0.2, 0) is 6.54 Å². The summed E-state index contributed by atoms with van der Waals surface area (Å²) in [6.07, 6.45) is 3.35. The summed E-state index contributed by atoms with van der Waals surface area (Å²) in [6, 6.07) is 6.21. The molecule has 84 valence electrons. The maximum Gasteiger partial charge on any atom is 0.0453 e. The Labute approximate surface area is 102 Å². The van der Waals surface area contributed by atoms with E-state index in [4.69, 9.17) is 11.6 Å². The van der Waals surface area contributed by atoms with Crippen LogP contribution in [0, 0.1) is 6.92 Å². The number of rotatable bonds is 6. The molecule has 1 N–H and O–H groups in total. The van der Waals surface area contributed by atoms with Crippen LogP contribution in [0.2, 0.25) is 5.02 Å². The molecule has 1 rings (SSSR count). The van der Waals surface area contributed by atoms with Gasteiger partial charge < -0.3 is 5.32 Å². The van der Waals surface area contributed by atoms with Gasteiger partial charge in [0, 0.05) is 11.6 Å². The summed E-state index contributed by atoms with van der Waals surface area (Å²) in [4.78, 5) is 0. The SMILES string of the molecule is CSCCCNCc1ccc(C)cc1Cl. The van der Waals surface area contributed by atoms with E-state index in [1.165, 1.54) is 23.3 Å². The van der Waals surface area contributed by atoms with E-state index < -0.39 is 0 Å². The largest absolute Gasteiger partial charge is 0.313 e. The lowest BCUT2D eigenvalue weighted by Crippen LogP contribution is -2.15. The standard InChI is InChI=1S/C12H18ClNS/c1-10-4-5-11(12(13)8-10)9-14-6-3-7-15-2/h4-5,8,14H,3,6-7,9H2,1-2H3. The molecule has 1 aromatic rings. The lowest BCUT2D eigenvalue weighted by molar-refractivity contribution is 0.679. The zero-order chi connectivity index (χ0) is 11.1. The van der Waals surface area contributed by atoms with Crippen molar-refractivity contribution in [1.82, 2.24) is 5.32 Å². The summed E-state index contributed by atoms with van der Waals surface area (Å²) in [7, 11) is 0. The molecule has 0 heterocycles. The van der Waals surface area contributed by atoms with Crippen molar-refractivity contribution in [3.63, 3.8) is 0 Å². The smallest absolute Gasteiger partial charge is 0.0453 e. The molecular formula is C12H18ClNS. The molecule has 0 saturated carbocycles. The lowest BCUT2D eigenvalue weighted by atomic mass is 10.1. The second kappa shape index (κ2) is 7.15. The molecule has 15 heavy (non-hydrogen) atoms. The molecule has 0 aliphatic carbocycles. The van der Waals surface area contributed by atoms with Crippen LogP contribution in [-0.4, -0.2) is 18.6 Å². The monoisotopic (exact) mass is 243 g/mol. The molecule has 0 atom stereocenters. The van der Waals surface area contributed by atoms with Gasteiger partial charge in [-0.1, -0.05) is 23.7 Å². The van der Waals surface area contributed by atoms with Crippen LogP contribution in [0.4, 0.5) is 0 Å². The van der Waals surface area contributed by atoms with Crippen molar-refractivity contribution in [1.29, 1.82) is 0 Å². The number of hydrogen-bond acceptors (Lipinski definition) is 2. The Morgan fingerprint density at radius 2 is 2.20 bits per heavy atom. The third-order valence-corrected chi connectivity index (χ3v) is 3.27. The number of halogens is 1. The number of benzene rings is 1. The van der Waals surface area contributed by atoms with Gasteiger partial charge in [0.2, 0.25) is 0 Å². The second-order valence-electron chi connectivity index (χ2n) is 3.62. The molecular weight excluding hydrogens is 226 g/mol. The Balaban J connectivity index is 2.31. The maximum absolute atomic E-state index is 6.13. The van der Waals surface area contributed by atoms with Crippen molar-refractivity contribution < 1.29 is 0 Å². The van der Waals surface area contributed by atoms with Gasteiger partial charge in [0.25, 0.3) is 0 Å². The molecule has 0 aliphatic rings. The molecule has 1 aromatic carbocycles. The fraction of sp³-hybridized carbons (Fsp3) is 0.500. The van der Waals surface area contributed by atoms with E-state index in [1.807, 2.05) is 17.8 Å². The average Bonchev–Trinajstić information content (AvgIpc) is 2.20. The third kappa shape index (κ3) is 4.92. The number of hydrogen-bond donors (Lipinski definition) is 1. The highest BCUT2D eigenvalue weighted by Gasteiger charge is 1.99. The van der Waals surface area contributed by atoms with Crippen molar-refractivity contribution in [3.8, 4) is 0 Å². The first-order valence-corrected chi connectivity index (χ1v) is 6.96. The predicted molar refractivity (Wildman–Crippen MR) is 70.9 cm³/mol. The summed E-state index contributed by atoms with van der Waals surface area (Å²) < 4.78 is 0. The van der Waals surface area contributed by atoms with Crippen LogP contribution in [0.15, 0.2) is 18.2 Å². The highest BCUT2D eigenvalue weighted by atomic mass is 35.5. The van der Waals surface area contributed by atoms with Crippen LogP contribution < -0.4 is 5.32 Å². The predicted octanol–water partition coefficient (Wildman–Crippen LogP) is 3.49. The molecule has 0 amide bonds. The van der Waals surface area contributed by atoms with Gasteiger partial charge in [0.05, 0.1) is 0 Å². The highest BCUT2D eigenvalue weighted by molar-refractivity contribution is 7.98. The Bertz CT molecular complexity index is 302. The van der Waals surface area contributed by atoms with Gasteiger partial charge in [-0.2, -0.15) is 11.8 Å². The molecule has 0 fully saturated rings. The van der Waals surface area contributed by atoms with E-state index in [9.17, 15) is 0 Å². The summed E-state index contributed by atoms with van der Waals surface area (Å²) in [5, 5.41) is 4.27. The van der Waals surface area contributed by atoms with Gasteiger partial charge in [-0.05, 0) is 49.1 Å². The van der Waals surface area contributed by atoms with Crippen molar-refractivity contribution in [2.75, 3.05) is 18.6 Å². The van der Waals surface area contributed by atoms with Crippen LogP contribution in [0.25, 0.3) is 0 Å². The number of nitrogens with one attached hydrogen (secondary N) is 1. The first-order chi connectivity index (χ1) is 7.24. The minimum Gasteiger partial charge on any atom is -0.313 e. The van der Waals surface area contributed by atoms with Gasteiger partial charge in [0.1, 0.15) is 0 Å². The molecule has 1 nitrogen and oxygen atoms in total. The van der Waals surface area contributed by atoms with E-state index in [1.54, 1.807) is 0 Å². The zero-order valence-corrected chi connectivity index (χ0v) is 10.9. The molecule has 0 bridgehead atoms. The molecule has 3 heteroatoms. The minimum atomic E-state index is 0.868. The van der Waals surface area contributed by atoms with E-state index in [0.717, 1.165) is 18.1 Å². The highest BCUT2D eigenvalue weighted by Crippen LogP contribution is 2.17. The van der Waals surface area contributed by atoms with Crippen LogP contribution in [0.5, 0.6) is 0 Å². The number of aryl methyl sites for hydroxylation is 1. The minimum absolute atomic E-state index is 0.868. The maximum atomic E-state index is 6.13. The van der Waals surface area contributed by atoms with Crippen LogP contribution in [0.3, 0.4) is 0 Å². The van der Waals surface area contributed by atoms with Gasteiger partial charge in [-0.3, -0.25) is 0 Å². The lowest BCUT2D eigenvalue weighted by Gasteiger charge is -2.07.